The summed E-state index contributed by atoms with van der Waals surface area (Å²) >= 11 is 0. The van der Waals surface area contributed by atoms with Crippen molar-refractivity contribution >= 4 is 21.5 Å². The first-order valence-electron chi connectivity index (χ1n) is 10.3. The van der Waals surface area contributed by atoms with Crippen molar-refractivity contribution in [3.05, 3.63) is 52.7 Å². The maximum atomic E-state index is 12.8. The van der Waals surface area contributed by atoms with E-state index < -0.39 is 10.0 Å². The summed E-state index contributed by atoms with van der Waals surface area (Å²) in [5, 5.41) is 0. The zero-order valence-electron chi connectivity index (χ0n) is 18.5. The summed E-state index contributed by atoms with van der Waals surface area (Å²) in [6.07, 6.45) is 4.10. The molecule has 0 fully saturated rings. The third-order valence-electron chi connectivity index (χ3n) is 4.98. The van der Waals surface area contributed by atoms with E-state index in [9.17, 15) is 13.2 Å². The molecule has 2 rings (SSSR count). The molecular weight excluding hydrogens is 400 g/mol. The van der Waals surface area contributed by atoms with E-state index in [0.717, 1.165) is 41.5 Å². The Bertz CT molecular complexity index is 987. The smallest absolute Gasteiger partial charge is 0.229 e. The Kier molecular flexibility index (Phi) is 8.41. The number of carbonyl (C=O) groups is 1. The molecule has 1 atom stereocenters. The van der Waals surface area contributed by atoms with Crippen molar-refractivity contribution in [2.24, 2.45) is 0 Å². The van der Waals surface area contributed by atoms with Gasteiger partial charge in [-0.05, 0) is 49.9 Å². The summed E-state index contributed by atoms with van der Waals surface area (Å²) in [6.45, 7) is 8.37. The van der Waals surface area contributed by atoms with Gasteiger partial charge in [0.1, 0.15) is 5.78 Å². The monoisotopic (exact) mass is 432 g/mol. The zero-order valence-corrected chi connectivity index (χ0v) is 19.3. The Balaban J connectivity index is 2.05. The van der Waals surface area contributed by atoms with Crippen LogP contribution >= 0.6 is 0 Å². The highest BCUT2D eigenvalue weighted by molar-refractivity contribution is 7.92. The van der Waals surface area contributed by atoms with Crippen LogP contribution in [0.2, 0.25) is 0 Å². The standard InChI is InChI=1S/C23H32N2O4S/c1-6-7-14-29-23-19(9-8-17(3)24-23)11-13-22(26)18(4)20-10-12-21(16(2)15-20)25-30(5,27)28/h8-10,12,15,18,25H,6-7,11,13-14H2,1-5H3. The van der Waals surface area contributed by atoms with Crippen LogP contribution < -0.4 is 9.46 Å². The van der Waals surface area contributed by atoms with Gasteiger partial charge in [0, 0.05) is 23.6 Å². The Morgan fingerprint density at radius 3 is 2.57 bits per heavy atom. The van der Waals surface area contributed by atoms with Gasteiger partial charge >= 0.3 is 0 Å². The number of benzene rings is 1. The maximum Gasteiger partial charge on any atom is 0.229 e. The average Bonchev–Trinajstić information content (AvgIpc) is 2.67. The zero-order chi connectivity index (χ0) is 22.3. The molecule has 0 bridgehead atoms. The van der Waals surface area contributed by atoms with Crippen LogP contribution in [0.5, 0.6) is 5.88 Å². The largest absolute Gasteiger partial charge is 0.477 e. The molecule has 0 radical (unpaired) electrons. The number of carbonyl (C=O) groups excluding carboxylic acids is 1. The number of aryl methyl sites for hydroxylation is 3. The summed E-state index contributed by atoms with van der Waals surface area (Å²) in [7, 11) is -3.34. The minimum atomic E-state index is -3.34. The van der Waals surface area contributed by atoms with Crippen molar-refractivity contribution in [1.82, 2.24) is 4.98 Å². The lowest BCUT2D eigenvalue weighted by Gasteiger charge is -2.15. The predicted molar refractivity (Wildman–Crippen MR) is 121 cm³/mol. The van der Waals surface area contributed by atoms with Crippen LogP contribution in [-0.4, -0.2) is 32.0 Å². The Morgan fingerprint density at radius 1 is 1.20 bits per heavy atom. The Labute approximate surface area is 180 Å². The third kappa shape index (κ3) is 7.13. The molecule has 2 aromatic rings. The van der Waals surface area contributed by atoms with Crippen LogP contribution in [0.1, 0.15) is 61.4 Å². The van der Waals surface area contributed by atoms with E-state index in [0.29, 0.717) is 31.0 Å². The molecule has 1 heterocycles. The van der Waals surface area contributed by atoms with Gasteiger partial charge in [0.05, 0.1) is 18.6 Å². The molecule has 0 saturated carbocycles. The van der Waals surface area contributed by atoms with Crippen LogP contribution in [-0.2, 0) is 21.2 Å². The molecule has 1 unspecified atom stereocenters. The highest BCUT2D eigenvalue weighted by Crippen LogP contribution is 2.26. The highest BCUT2D eigenvalue weighted by atomic mass is 32.2. The number of hydrogen-bond donors (Lipinski definition) is 1. The van der Waals surface area contributed by atoms with E-state index in [1.807, 2.05) is 39.0 Å². The number of rotatable bonds is 11. The minimum absolute atomic E-state index is 0.123. The van der Waals surface area contributed by atoms with Gasteiger partial charge in [-0.15, -0.1) is 0 Å². The number of anilines is 1. The topological polar surface area (TPSA) is 85.4 Å². The maximum absolute atomic E-state index is 12.8. The molecular formula is C23H32N2O4S. The minimum Gasteiger partial charge on any atom is -0.477 e. The van der Waals surface area contributed by atoms with Crippen LogP contribution in [0.4, 0.5) is 5.69 Å². The van der Waals surface area contributed by atoms with Crippen LogP contribution in [0.3, 0.4) is 0 Å². The van der Waals surface area contributed by atoms with E-state index in [4.69, 9.17) is 4.74 Å². The van der Waals surface area contributed by atoms with E-state index >= 15 is 0 Å². The molecule has 1 aromatic carbocycles. The second-order valence-corrected chi connectivity index (χ2v) is 9.50. The van der Waals surface area contributed by atoms with Crippen molar-refractivity contribution in [1.29, 1.82) is 0 Å². The van der Waals surface area contributed by atoms with E-state index in [2.05, 4.69) is 16.6 Å². The second kappa shape index (κ2) is 10.6. The Morgan fingerprint density at radius 2 is 1.93 bits per heavy atom. The van der Waals surface area contributed by atoms with Gasteiger partial charge in [-0.1, -0.05) is 38.5 Å². The molecule has 164 valence electrons. The van der Waals surface area contributed by atoms with Crippen molar-refractivity contribution in [3.8, 4) is 5.88 Å². The van der Waals surface area contributed by atoms with Crippen LogP contribution in [0.15, 0.2) is 30.3 Å². The second-order valence-electron chi connectivity index (χ2n) is 7.76. The lowest BCUT2D eigenvalue weighted by molar-refractivity contribution is -0.120. The van der Waals surface area contributed by atoms with Gasteiger partial charge in [0.15, 0.2) is 0 Å². The van der Waals surface area contributed by atoms with Gasteiger partial charge in [0.25, 0.3) is 0 Å². The first kappa shape index (κ1) is 23.9. The number of ether oxygens (including phenoxy) is 1. The summed E-state index contributed by atoms with van der Waals surface area (Å²) < 4.78 is 31.2. The molecule has 1 N–H and O–H groups in total. The van der Waals surface area contributed by atoms with E-state index in [-0.39, 0.29) is 11.7 Å². The number of nitrogens with zero attached hydrogens (tertiary/aromatic N) is 1. The predicted octanol–water partition coefficient (Wildman–Crippen LogP) is 4.55. The fourth-order valence-corrected chi connectivity index (χ4v) is 3.75. The SMILES string of the molecule is CCCCOc1nc(C)ccc1CCC(=O)C(C)c1ccc(NS(C)(=O)=O)c(C)c1. The van der Waals surface area contributed by atoms with Gasteiger partial charge in [-0.3, -0.25) is 9.52 Å². The van der Waals surface area contributed by atoms with Crippen LogP contribution in [0.25, 0.3) is 0 Å². The number of sulfonamides is 1. The number of nitrogens with one attached hydrogen (secondary N) is 1. The summed E-state index contributed by atoms with van der Waals surface area (Å²) in [4.78, 5) is 17.3. The summed E-state index contributed by atoms with van der Waals surface area (Å²) in [5.74, 6) is 0.466. The lowest BCUT2D eigenvalue weighted by Crippen LogP contribution is -2.13. The average molecular weight is 433 g/mol. The summed E-state index contributed by atoms with van der Waals surface area (Å²) in [6, 6.07) is 9.29. The molecule has 0 amide bonds. The number of ketones is 1. The van der Waals surface area contributed by atoms with E-state index in [1.54, 1.807) is 12.1 Å². The number of Topliss-reactive ketones (excluding diaryl/α,β-unsaturated/α-hetero) is 1. The molecule has 7 heteroatoms. The fraction of sp³-hybridized carbons (Fsp3) is 0.478. The van der Waals surface area contributed by atoms with Crippen molar-refractivity contribution in [2.45, 2.75) is 59.3 Å². The quantitative estimate of drug-likeness (QED) is 0.526. The van der Waals surface area contributed by atoms with Crippen LogP contribution in [0, 0.1) is 13.8 Å². The number of unbranched alkanes of at least 4 members (excludes halogenated alkanes) is 1. The molecule has 0 aliphatic rings. The number of aromatic nitrogens is 1. The van der Waals surface area contributed by atoms with E-state index in [1.165, 1.54) is 0 Å². The van der Waals surface area contributed by atoms with Gasteiger partial charge in [-0.25, -0.2) is 13.4 Å². The molecule has 0 spiro atoms. The summed E-state index contributed by atoms with van der Waals surface area (Å²) in [5.41, 5.74) is 4.02. The van der Waals surface area contributed by atoms with Crippen molar-refractivity contribution in [3.63, 3.8) is 0 Å². The molecule has 0 aliphatic heterocycles. The lowest BCUT2D eigenvalue weighted by atomic mass is 9.92. The number of pyridine rings is 1. The molecule has 0 aliphatic carbocycles. The normalized spacial score (nSPS) is 12.4. The van der Waals surface area contributed by atoms with Crippen molar-refractivity contribution < 1.29 is 17.9 Å². The first-order chi connectivity index (χ1) is 14.1. The first-order valence-corrected chi connectivity index (χ1v) is 12.2. The highest BCUT2D eigenvalue weighted by Gasteiger charge is 2.18. The molecule has 0 saturated heterocycles. The third-order valence-corrected chi connectivity index (χ3v) is 5.58. The molecule has 6 nitrogen and oxygen atoms in total. The van der Waals surface area contributed by atoms with Crippen molar-refractivity contribution in [2.75, 3.05) is 17.6 Å². The van der Waals surface area contributed by atoms with Gasteiger partial charge < -0.3 is 4.74 Å². The fourth-order valence-electron chi connectivity index (χ4n) is 3.12. The van der Waals surface area contributed by atoms with Gasteiger partial charge in [-0.2, -0.15) is 0 Å². The number of hydrogen-bond acceptors (Lipinski definition) is 5. The Hall–Kier alpha value is -2.41. The molecule has 1 aromatic heterocycles. The molecule has 30 heavy (non-hydrogen) atoms. The van der Waals surface area contributed by atoms with Gasteiger partial charge in [0.2, 0.25) is 15.9 Å².